The number of nitrogens with one attached hydrogen (secondary N) is 1. The summed E-state index contributed by atoms with van der Waals surface area (Å²) in [6.07, 6.45) is 1.63. The first-order valence-corrected chi connectivity index (χ1v) is 9.34. The molecular weight excluding hydrogens is 330 g/mol. The fourth-order valence-corrected chi connectivity index (χ4v) is 2.84. The second-order valence-electron chi connectivity index (χ2n) is 7.68. The lowest BCUT2D eigenvalue weighted by Gasteiger charge is -2.35. The molecule has 1 N–H and O–H groups in total. The number of amides is 2. The summed E-state index contributed by atoms with van der Waals surface area (Å²) in [6.45, 7) is 9.23. The lowest BCUT2D eigenvalue weighted by atomic mass is 10.1. The molecule has 6 nitrogen and oxygen atoms in total. The summed E-state index contributed by atoms with van der Waals surface area (Å²) >= 11 is 0. The van der Waals surface area contributed by atoms with Gasteiger partial charge in [0.25, 0.3) is 0 Å². The fourth-order valence-electron chi connectivity index (χ4n) is 2.84. The van der Waals surface area contributed by atoms with Crippen LogP contribution in [0.15, 0.2) is 30.3 Å². The average Bonchev–Trinajstić information content (AvgIpc) is 2.59. The number of rotatable bonds is 6. The van der Waals surface area contributed by atoms with Crippen LogP contribution >= 0.6 is 0 Å². The van der Waals surface area contributed by atoms with Crippen LogP contribution in [0.1, 0.15) is 32.8 Å². The van der Waals surface area contributed by atoms with E-state index in [4.69, 9.17) is 4.74 Å². The Morgan fingerprint density at radius 2 is 1.73 bits per heavy atom. The summed E-state index contributed by atoms with van der Waals surface area (Å²) in [5, 5.41) is 2.98. The van der Waals surface area contributed by atoms with Crippen LogP contribution < -0.4 is 5.32 Å². The number of ether oxygens (including phenoxy) is 1. The Labute approximate surface area is 156 Å². The quantitative estimate of drug-likeness (QED) is 0.790. The predicted octanol–water partition coefficient (Wildman–Crippen LogP) is 2.29. The molecule has 26 heavy (non-hydrogen) atoms. The van der Waals surface area contributed by atoms with Crippen LogP contribution in [0.5, 0.6) is 0 Å². The number of piperazine rings is 1. The van der Waals surface area contributed by atoms with Gasteiger partial charge in [0.15, 0.2) is 0 Å². The Morgan fingerprint density at radius 1 is 1.08 bits per heavy atom. The van der Waals surface area contributed by atoms with Gasteiger partial charge in [-0.1, -0.05) is 30.3 Å². The third kappa shape index (κ3) is 7.44. The molecule has 0 atom stereocenters. The normalized spacial score (nSPS) is 15.6. The predicted molar refractivity (Wildman–Crippen MR) is 102 cm³/mol. The summed E-state index contributed by atoms with van der Waals surface area (Å²) in [6, 6.07) is 10.3. The van der Waals surface area contributed by atoms with Gasteiger partial charge in [-0.15, -0.1) is 0 Å². The van der Waals surface area contributed by atoms with Crippen molar-refractivity contribution in [2.45, 2.75) is 39.2 Å². The highest BCUT2D eigenvalue weighted by molar-refractivity contribution is 5.78. The summed E-state index contributed by atoms with van der Waals surface area (Å²) in [5.41, 5.74) is 0.813. The molecule has 0 bridgehead atoms. The molecule has 0 spiro atoms. The van der Waals surface area contributed by atoms with Gasteiger partial charge in [-0.2, -0.15) is 0 Å². The van der Waals surface area contributed by atoms with Crippen LogP contribution in [0.4, 0.5) is 4.79 Å². The fraction of sp³-hybridized carbons (Fsp3) is 0.600. The van der Waals surface area contributed by atoms with Gasteiger partial charge in [0.1, 0.15) is 5.60 Å². The molecule has 0 unspecified atom stereocenters. The van der Waals surface area contributed by atoms with E-state index >= 15 is 0 Å². The lowest BCUT2D eigenvalue weighted by Crippen LogP contribution is -2.52. The summed E-state index contributed by atoms with van der Waals surface area (Å²) in [5.74, 6) is 0.0452. The molecule has 1 saturated heterocycles. The third-order valence-electron chi connectivity index (χ3n) is 4.20. The van der Waals surface area contributed by atoms with E-state index in [0.717, 1.165) is 12.8 Å². The highest BCUT2D eigenvalue weighted by Crippen LogP contribution is 2.11. The minimum Gasteiger partial charge on any atom is -0.444 e. The van der Waals surface area contributed by atoms with Gasteiger partial charge in [0.2, 0.25) is 5.91 Å². The minimum atomic E-state index is -0.478. The molecule has 0 aliphatic carbocycles. The Bertz CT molecular complexity index is 576. The van der Waals surface area contributed by atoms with Crippen molar-refractivity contribution in [2.75, 3.05) is 39.3 Å². The van der Waals surface area contributed by atoms with Crippen molar-refractivity contribution in [3.05, 3.63) is 35.9 Å². The zero-order chi connectivity index (χ0) is 19.0. The molecule has 1 heterocycles. The maximum absolute atomic E-state index is 12.1. The van der Waals surface area contributed by atoms with E-state index < -0.39 is 5.60 Å². The zero-order valence-electron chi connectivity index (χ0n) is 16.2. The molecule has 2 rings (SSSR count). The molecule has 1 fully saturated rings. The van der Waals surface area contributed by atoms with Gasteiger partial charge < -0.3 is 15.0 Å². The zero-order valence-corrected chi connectivity index (χ0v) is 16.2. The molecule has 2 amide bonds. The monoisotopic (exact) mass is 361 g/mol. The number of hydrogen-bond donors (Lipinski definition) is 1. The number of hydrogen-bond acceptors (Lipinski definition) is 4. The van der Waals surface area contributed by atoms with Gasteiger partial charge >= 0.3 is 6.09 Å². The van der Waals surface area contributed by atoms with Crippen LogP contribution in [0.3, 0.4) is 0 Å². The van der Waals surface area contributed by atoms with E-state index in [9.17, 15) is 9.59 Å². The van der Waals surface area contributed by atoms with Crippen LogP contribution in [-0.4, -0.2) is 66.7 Å². The van der Waals surface area contributed by atoms with E-state index in [1.54, 1.807) is 4.90 Å². The average molecular weight is 361 g/mol. The lowest BCUT2D eigenvalue weighted by molar-refractivity contribution is -0.122. The van der Waals surface area contributed by atoms with Crippen molar-refractivity contribution in [3.63, 3.8) is 0 Å². The van der Waals surface area contributed by atoms with Crippen LogP contribution in [0.2, 0.25) is 0 Å². The molecular formula is C20H31N3O3. The van der Waals surface area contributed by atoms with Crippen molar-refractivity contribution >= 4 is 12.0 Å². The van der Waals surface area contributed by atoms with E-state index in [2.05, 4.69) is 22.3 Å². The Balaban J connectivity index is 1.60. The van der Waals surface area contributed by atoms with Crippen LogP contribution in [0.25, 0.3) is 0 Å². The molecule has 0 aromatic heterocycles. The Morgan fingerprint density at radius 3 is 2.35 bits per heavy atom. The topological polar surface area (TPSA) is 61.9 Å². The Hall–Kier alpha value is -2.08. The van der Waals surface area contributed by atoms with Crippen LogP contribution in [-0.2, 0) is 16.0 Å². The highest BCUT2D eigenvalue weighted by Gasteiger charge is 2.26. The summed E-state index contributed by atoms with van der Waals surface area (Å²) in [4.78, 5) is 27.9. The maximum atomic E-state index is 12.1. The van der Waals surface area contributed by atoms with E-state index in [0.29, 0.717) is 39.3 Å². The minimum absolute atomic E-state index is 0.0452. The van der Waals surface area contributed by atoms with Crippen molar-refractivity contribution in [1.29, 1.82) is 0 Å². The maximum Gasteiger partial charge on any atom is 0.410 e. The smallest absolute Gasteiger partial charge is 0.410 e. The first kappa shape index (κ1) is 20.2. The summed E-state index contributed by atoms with van der Waals surface area (Å²) in [7, 11) is 0. The highest BCUT2D eigenvalue weighted by atomic mass is 16.6. The molecule has 0 saturated carbocycles. The molecule has 6 heteroatoms. The first-order chi connectivity index (χ1) is 12.3. The molecule has 1 aromatic carbocycles. The van der Waals surface area contributed by atoms with E-state index in [-0.39, 0.29) is 12.0 Å². The SMILES string of the molecule is CC(C)(C)OC(=O)N1CCN(CC(=O)NCCCc2ccccc2)CC1. The number of aryl methyl sites for hydroxylation is 1. The van der Waals surface area contributed by atoms with Crippen molar-refractivity contribution < 1.29 is 14.3 Å². The third-order valence-corrected chi connectivity index (χ3v) is 4.20. The number of benzene rings is 1. The van der Waals surface area contributed by atoms with Crippen molar-refractivity contribution in [3.8, 4) is 0 Å². The molecule has 1 aromatic rings. The molecule has 1 aliphatic rings. The van der Waals surface area contributed by atoms with E-state index in [1.807, 2.05) is 39.0 Å². The second kappa shape index (κ2) is 9.57. The van der Waals surface area contributed by atoms with Crippen molar-refractivity contribution in [2.24, 2.45) is 0 Å². The van der Waals surface area contributed by atoms with Gasteiger partial charge in [-0.25, -0.2) is 4.79 Å². The Kier molecular flexibility index (Phi) is 7.45. The van der Waals surface area contributed by atoms with E-state index in [1.165, 1.54) is 5.56 Å². The standard InChI is InChI=1S/C20H31N3O3/c1-20(2,3)26-19(25)23-14-12-22(13-15-23)16-18(24)21-11-7-10-17-8-5-4-6-9-17/h4-6,8-9H,7,10-16H2,1-3H3,(H,21,24). The molecule has 144 valence electrons. The number of nitrogens with zero attached hydrogens (tertiary/aromatic N) is 2. The second-order valence-corrected chi connectivity index (χ2v) is 7.68. The molecule has 1 aliphatic heterocycles. The van der Waals surface area contributed by atoms with Crippen LogP contribution in [0, 0.1) is 0 Å². The number of carbonyl (C=O) groups is 2. The van der Waals surface area contributed by atoms with Gasteiger partial charge in [0, 0.05) is 32.7 Å². The summed E-state index contributed by atoms with van der Waals surface area (Å²) < 4.78 is 5.38. The van der Waals surface area contributed by atoms with Gasteiger partial charge in [-0.3, -0.25) is 9.69 Å². The van der Waals surface area contributed by atoms with Gasteiger partial charge in [-0.05, 0) is 39.2 Å². The first-order valence-electron chi connectivity index (χ1n) is 9.34. The largest absolute Gasteiger partial charge is 0.444 e. The van der Waals surface area contributed by atoms with Crippen molar-refractivity contribution in [1.82, 2.24) is 15.1 Å². The van der Waals surface area contributed by atoms with Gasteiger partial charge in [0.05, 0.1) is 6.54 Å². The molecule has 0 radical (unpaired) electrons. The number of carbonyl (C=O) groups excluding carboxylic acids is 2.